The highest BCUT2D eigenvalue weighted by Crippen LogP contribution is 2.44. The lowest BCUT2D eigenvalue weighted by Gasteiger charge is -2.46. The van der Waals surface area contributed by atoms with Gasteiger partial charge in [0.2, 0.25) is 8.32 Å². The fraction of sp³-hybridized carbons (Fsp3) is 0.622. The Balaban J connectivity index is 1.87. The lowest BCUT2D eigenvalue weighted by atomic mass is 10.0. The first-order chi connectivity index (χ1) is 20.4. The Morgan fingerprint density at radius 2 is 1.35 bits per heavy atom. The summed E-state index contributed by atoms with van der Waals surface area (Å²) in [7, 11) is -4.65. The molecule has 1 aliphatic heterocycles. The Labute approximate surface area is 265 Å². The normalized spacial score (nSPS) is 18.3. The van der Waals surface area contributed by atoms with Crippen LogP contribution < -0.4 is 10.4 Å². The maximum atomic E-state index is 9.28. The van der Waals surface area contributed by atoms with Crippen molar-refractivity contribution in [1.82, 2.24) is 0 Å². The minimum atomic E-state index is -2.60. The topological polar surface area (TPSA) is 47.9 Å². The van der Waals surface area contributed by atoms with Crippen LogP contribution in [0.1, 0.15) is 101 Å². The third-order valence-corrected chi connectivity index (χ3v) is 20.7. The molecule has 0 spiro atoms. The molecular weight excluding hydrogens is 565 g/mol. The number of aliphatic hydroxyl groups excluding tert-OH is 1. The van der Waals surface area contributed by atoms with Gasteiger partial charge in [0.15, 0.2) is 0 Å². The SMILES string of the molecule is CC(C)[Si](O[C@@H]1C=C(CCCCCO)O[C@H](CCO[Si](c2ccccc2)(c2ccccc2)C(C)(C)C)C1)(C(C)C)C(C)C. The molecule has 3 rings (SSSR count). The molecule has 2 aromatic rings. The van der Waals surface area contributed by atoms with Crippen molar-refractivity contribution in [3.05, 3.63) is 72.5 Å². The highest BCUT2D eigenvalue weighted by molar-refractivity contribution is 6.99. The van der Waals surface area contributed by atoms with Gasteiger partial charge in [0.05, 0.1) is 11.9 Å². The Morgan fingerprint density at radius 1 is 0.814 bits per heavy atom. The number of ether oxygens (including phenoxy) is 1. The van der Waals surface area contributed by atoms with Gasteiger partial charge in [0, 0.05) is 32.5 Å². The number of benzene rings is 2. The van der Waals surface area contributed by atoms with Crippen LogP contribution in [0.3, 0.4) is 0 Å². The zero-order valence-electron chi connectivity index (χ0n) is 28.6. The summed E-state index contributed by atoms with van der Waals surface area (Å²) in [5, 5.41) is 11.9. The molecule has 1 heterocycles. The van der Waals surface area contributed by atoms with E-state index < -0.39 is 16.6 Å². The van der Waals surface area contributed by atoms with Crippen molar-refractivity contribution in [3.8, 4) is 0 Å². The minimum Gasteiger partial charge on any atom is -0.495 e. The second-order valence-corrected chi connectivity index (χ2v) is 24.1. The van der Waals surface area contributed by atoms with Gasteiger partial charge in [0.25, 0.3) is 8.32 Å². The van der Waals surface area contributed by atoms with Gasteiger partial charge in [-0.05, 0) is 51.0 Å². The largest absolute Gasteiger partial charge is 0.495 e. The van der Waals surface area contributed by atoms with Crippen molar-refractivity contribution >= 4 is 27.0 Å². The molecule has 0 radical (unpaired) electrons. The average molecular weight is 625 g/mol. The van der Waals surface area contributed by atoms with Crippen molar-refractivity contribution in [2.75, 3.05) is 13.2 Å². The Hall–Kier alpha value is -1.71. The van der Waals surface area contributed by atoms with E-state index in [1.54, 1.807) is 0 Å². The summed E-state index contributed by atoms with van der Waals surface area (Å²) in [5.74, 6) is 1.06. The van der Waals surface area contributed by atoms with E-state index in [-0.39, 0.29) is 23.9 Å². The molecule has 2 atom stereocenters. The van der Waals surface area contributed by atoms with Gasteiger partial charge in [-0.25, -0.2) is 0 Å². The van der Waals surface area contributed by atoms with Crippen molar-refractivity contribution in [1.29, 1.82) is 0 Å². The Bertz CT molecular complexity index is 1050. The third-order valence-electron chi connectivity index (χ3n) is 9.50. The molecule has 1 aliphatic rings. The van der Waals surface area contributed by atoms with Gasteiger partial charge < -0.3 is 18.7 Å². The van der Waals surface area contributed by atoms with E-state index in [1.165, 1.54) is 10.4 Å². The molecule has 0 fully saturated rings. The van der Waals surface area contributed by atoms with Gasteiger partial charge in [-0.1, -0.05) is 129 Å². The smallest absolute Gasteiger partial charge is 0.261 e. The zero-order chi connectivity index (χ0) is 31.7. The van der Waals surface area contributed by atoms with Crippen LogP contribution in [-0.4, -0.2) is 47.2 Å². The van der Waals surface area contributed by atoms with Crippen LogP contribution in [0.25, 0.3) is 0 Å². The van der Waals surface area contributed by atoms with Crippen LogP contribution in [-0.2, 0) is 13.6 Å². The predicted molar refractivity (Wildman–Crippen MR) is 187 cm³/mol. The molecule has 0 amide bonds. The van der Waals surface area contributed by atoms with Gasteiger partial charge >= 0.3 is 0 Å². The first-order valence-corrected chi connectivity index (χ1v) is 20.8. The van der Waals surface area contributed by atoms with Crippen molar-refractivity contribution in [2.45, 2.75) is 135 Å². The number of hydrogen-bond acceptors (Lipinski definition) is 4. The number of allylic oxidation sites excluding steroid dienone is 1. The van der Waals surface area contributed by atoms with Crippen LogP contribution in [0.5, 0.6) is 0 Å². The van der Waals surface area contributed by atoms with Crippen LogP contribution in [0.2, 0.25) is 21.7 Å². The molecule has 240 valence electrons. The van der Waals surface area contributed by atoms with Gasteiger partial charge in [-0.15, -0.1) is 0 Å². The molecule has 0 saturated heterocycles. The minimum absolute atomic E-state index is 0.0520. The quantitative estimate of drug-likeness (QED) is 0.150. The molecule has 0 saturated carbocycles. The summed E-state index contributed by atoms with van der Waals surface area (Å²) in [6, 6.07) is 21.8. The molecule has 0 unspecified atom stereocenters. The fourth-order valence-corrected chi connectivity index (χ4v) is 17.7. The van der Waals surface area contributed by atoms with E-state index in [0.717, 1.165) is 44.3 Å². The summed E-state index contributed by atoms with van der Waals surface area (Å²) in [6.07, 6.45) is 7.87. The molecular formula is C37H60O4Si2. The maximum Gasteiger partial charge on any atom is 0.261 e. The second-order valence-electron chi connectivity index (χ2n) is 14.4. The average Bonchev–Trinajstić information content (AvgIpc) is 2.96. The molecule has 2 aromatic carbocycles. The highest BCUT2D eigenvalue weighted by atomic mass is 28.4. The Kier molecular flexibility index (Phi) is 13.3. The molecule has 0 aliphatic carbocycles. The first kappa shape index (κ1) is 35.8. The van der Waals surface area contributed by atoms with Gasteiger partial charge in [0.1, 0.15) is 6.10 Å². The number of aliphatic hydroxyl groups is 1. The molecule has 0 aromatic heterocycles. The van der Waals surface area contributed by atoms with Crippen LogP contribution in [0.15, 0.2) is 72.5 Å². The summed E-state index contributed by atoms with van der Waals surface area (Å²) in [6.45, 7) is 22.1. The maximum absolute atomic E-state index is 9.28. The molecule has 43 heavy (non-hydrogen) atoms. The molecule has 4 nitrogen and oxygen atoms in total. The van der Waals surface area contributed by atoms with Crippen LogP contribution >= 0.6 is 0 Å². The van der Waals surface area contributed by atoms with E-state index in [4.69, 9.17) is 13.6 Å². The number of unbranched alkanes of at least 4 members (excludes halogenated alkanes) is 2. The summed E-state index contributed by atoms with van der Waals surface area (Å²) < 4.78 is 21.2. The van der Waals surface area contributed by atoms with Crippen molar-refractivity contribution in [2.24, 2.45) is 0 Å². The fourth-order valence-electron chi connectivity index (χ4n) is 7.60. The lowest BCUT2D eigenvalue weighted by Crippen LogP contribution is -2.66. The van der Waals surface area contributed by atoms with E-state index in [0.29, 0.717) is 23.2 Å². The molecule has 1 N–H and O–H groups in total. The number of rotatable bonds is 16. The van der Waals surface area contributed by atoms with Gasteiger partial charge in [-0.2, -0.15) is 0 Å². The van der Waals surface area contributed by atoms with Gasteiger partial charge in [-0.3, -0.25) is 0 Å². The zero-order valence-corrected chi connectivity index (χ0v) is 30.6. The number of hydrogen-bond donors (Lipinski definition) is 1. The molecule has 6 heteroatoms. The van der Waals surface area contributed by atoms with Crippen molar-refractivity contribution < 1.29 is 18.7 Å². The third kappa shape index (κ3) is 8.52. The van der Waals surface area contributed by atoms with E-state index in [9.17, 15) is 5.11 Å². The first-order valence-electron chi connectivity index (χ1n) is 16.8. The second kappa shape index (κ2) is 16.0. The van der Waals surface area contributed by atoms with E-state index in [1.807, 2.05) is 0 Å². The highest BCUT2D eigenvalue weighted by Gasteiger charge is 2.50. The Morgan fingerprint density at radius 3 is 1.81 bits per heavy atom. The van der Waals surface area contributed by atoms with E-state index in [2.05, 4.69) is 129 Å². The standard InChI is InChI=1S/C37H60O4Si2/c1-29(2)42(30(3)4,31(5)6)41-34-27-32(19-13-12-18-25-38)40-33(28-34)24-26-39-43(37(7,8)9,35-20-14-10-15-21-35)36-22-16-11-17-23-36/h10-11,14-17,20-23,27,29-31,33-34,38H,12-13,18-19,24-26,28H2,1-9H3/t33-,34-/m1/s1. The van der Waals surface area contributed by atoms with E-state index >= 15 is 0 Å². The summed E-state index contributed by atoms with van der Waals surface area (Å²) in [5.41, 5.74) is 1.61. The summed E-state index contributed by atoms with van der Waals surface area (Å²) in [4.78, 5) is 0. The summed E-state index contributed by atoms with van der Waals surface area (Å²) >= 11 is 0. The predicted octanol–water partition coefficient (Wildman–Crippen LogP) is 8.74. The van der Waals surface area contributed by atoms with Crippen molar-refractivity contribution in [3.63, 3.8) is 0 Å². The monoisotopic (exact) mass is 624 g/mol. The van der Waals surface area contributed by atoms with Crippen LogP contribution in [0.4, 0.5) is 0 Å². The van der Waals surface area contributed by atoms with Crippen LogP contribution in [0, 0.1) is 0 Å². The molecule has 0 bridgehead atoms. The lowest BCUT2D eigenvalue weighted by molar-refractivity contribution is 0.0281.